The monoisotopic (exact) mass is 593 g/mol. The molecule has 0 aromatic heterocycles. The number of hydrogen-bond donors (Lipinski definition) is 4. The van der Waals surface area contributed by atoms with Crippen LogP contribution in [0.15, 0.2) is 0 Å². The van der Waals surface area contributed by atoms with Crippen LogP contribution in [0.4, 0.5) is 0 Å². The van der Waals surface area contributed by atoms with E-state index < -0.39 is 40.8 Å². The van der Waals surface area contributed by atoms with Crippen molar-refractivity contribution in [3.63, 3.8) is 0 Å². The zero-order valence-corrected chi connectivity index (χ0v) is 29.6. The van der Waals surface area contributed by atoms with Crippen LogP contribution in [-0.4, -0.2) is 51.1 Å². The maximum Gasteiger partial charge on any atom is 0.154 e. The fourth-order valence-electron chi connectivity index (χ4n) is 12.8. The summed E-state index contributed by atoms with van der Waals surface area (Å²) in [7, 11) is 0. The highest BCUT2D eigenvalue weighted by molar-refractivity contribution is 5.24. The molecule has 4 aliphatic rings. The molecule has 0 bridgehead atoms. The van der Waals surface area contributed by atoms with Crippen molar-refractivity contribution >= 4 is 0 Å². The normalized spacial score (nSPS) is 54.5. The summed E-state index contributed by atoms with van der Waals surface area (Å²) >= 11 is 0. The second-order valence-corrected chi connectivity index (χ2v) is 18.1. The fraction of sp³-hybridized carbons (Fsp3) is 1.00. The van der Waals surface area contributed by atoms with Crippen LogP contribution in [0, 0.1) is 86.8 Å². The van der Waals surface area contributed by atoms with Gasteiger partial charge in [0.05, 0.1) is 24.4 Å². The van der Waals surface area contributed by atoms with Gasteiger partial charge in [-0.3, -0.25) is 0 Å². The maximum atomic E-state index is 12.9. The molecule has 18 atom stereocenters. The molecule has 0 heterocycles. The van der Waals surface area contributed by atoms with Crippen molar-refractivity contribution < 1.29 is 25.2 Å². The number of rotatable bonds is 5. The highest BCUT2D eigenvalue weighted by atomic mass is 16.6. The molecule has 4 N–H and O–H groups in total. The van der Waals surface area contributed by atoms with Gasteiger partial charge in [0.25, 0.3) is 0 Å². The van der Waals surface area contributed by atoms with Crippen LogP contribution in [0.5, 0.6) is 0 Å². The van der Waals surface area contributed by atoms with Crippen LogP contribution < -0.4 is 0 Å². The number of ether oxygens (including phenoxy) is 1. The molecule has 5 nitrogen and oxygen atoms in total. The van der Waals surface area contributed by atoms with Gasteiger partial charge in [-0.15, -0.1) is 0 Å². The minimum Gasteiger partial charge on any atom is -0.393 e. The quantitative estimate of drug-likeness (QED) is 0.258. The first-order valence-corrected chi connectivity index (χ1v) is 17.5. The first-order valence-electron chi connectivity index (χ1n) is 17.5. The van der Waals surface area contributed by atoms with Crippen LogP contribution in [0.25, 0.3) is 0 Å². The van der Waals surface area contributed by atoms with E-state index in [0.717, 1.165) is 6.42 Å². The second-order valence-electron chi connectivity index (χ2n) is 18.1. The molecule has 18 unspecified atom stereocenters. The van der Waals surface area contributed by atoms with Crippen molar-refractivity contribution in [3.8, 4) is 0 Å². The predicted molar refractivity (Wildman–Crippen MR) is 170 cm³/mol. The summed E-state index contributed by atoms with van der Waals surface area (Å²) in [5.41, 5.74) is -1.32. The lowest BCUT2D eigenvalue weighted by Crippen LogP contribution is -2.78. The van der Waals surface area contributed by atoms with E-state index in [2.05, 4.69) is 83.1 Å². The van der Waals surface area contributed by atoms with Crippen molar-refractivity contribution in [2.24, 2.45) is 86.8 Å². The Kier molecular flexibility index (Phi) is 9.28. The van der Waals surface area contributed by atoms with Gasteiger partial charge in [0.2, 0.25) is 0 Å². The number of aliphatic hydroxyl groups is 4. The third-order valence-electron chi connectivity index (χ3n) is 15.2. The molecule has 0 aromatic rings. The van der Waals surface area contributed by atoms with Gasteiger partial charge in [-0.2, -0.15) is 0 Å². The van der Waals surface area contributed by atoms with E-state index in [1.54, 1.807) is 0 Å². The van der Waals surface area contributed by atoms with E-state index in [4.69, 9.17) is 4.74 Å². The standard InChI is InChI=1S/C37H68O5/c1-15-26(39)42-33-35(12)17-19(4)27(23(8)38)32(41)37(35,14)22(7)30-31(40)28-20(5)25(34(9,10)11)16-24(18(2)3)29(28)21(6)36(30,33)13/h18-33,38-41H,15-17H2,1-14H3. The van der Waals surface area contributed by atoms with Gasteiger partial charge in [0.1, 0.15) is 0 Å². The smallest absolute Gasteiger partial charge is 0.154 e. The van der Waals surface area contributed by atoms with Crippen molar-refractivity contribution in [2.75, 3.05) is 0 Å². The van der Waals surface area contributed by atoms with Crippen molar-refractivity contribution in [2.45, 2.75) is 147 Å². The molecule has 42 heavy (non-hydrogen) atoms. The molecule has 4 rings (SSSR count). The Morgan fingerprint density at radius 2 is 1.48 bits per heavy atom. The summed E-state index contributed by atoms with van der Waals surface area (Å²) in [6.45, 7) is 31.8. The van der Waals surface area contributed by atoms with Crippen LogP contribution in [0.3, 0.4) is 0 Å². The predicted octanol–water partition coefficient (Wildman–Crippen LogP) is 7.00. The summed E-state index contributed by atoms with van der Waals surface area (Å²) in [6, 6.07) is 0. The summed E-state index contributed by atoms with van der Waals surface area (Å²) in [4.78, 5) is 0. The lowest BCUT2D eigenvalue weighted by atomic mass is 9.31. The molecule has 5 heteroatoms. The van der Waals surface area contributed by atoms with Crippen LogP contribution in [0.1, 0.15) is 116 Å². The minimum atomic E-state index is -0.901. The molecule has 4 aliphatic carbocycles. The highest BCUT2D eigenvalue weighted by Crippen LogP contribution is 2.75. The van der Waals surface area contributed by atoms with Crippen LogP contribution in [0.2, 0.25) is 0 Å². The Hall–Kier alpha value is -0.200. The zero-order chi connectivity index (χ0) is 32.1. The van der Waals surface area contributed by atoms with Gasteiger partial charge in [-0.05, 0) is 90.8 Å². The van der Waals surface area contributed by atoms with Gasteiger partial charge in [0.15, 0.2) is 6.29 Å². The Bertz CT molecular complexity index is 958. The van der Waals surface area contributed by atoms with E-state index in [1.165, 1.54) is 6.42 Å². The van der Waals surface area contributed by atoms with E-state index in [1.807, 2.05) is 13.8 Å². The Morgan fingerprint density at radius 3 is 1.95 bits per heavy atom. The van der Waals surface area contributed by atoms with Crippen molar-refractivity contribution in [3.05, 3.63) is 0 Å². The van der Waals surface area contributed by atoms with Gasteiger partial charge >= 0.3 is 0 Å². The average Bonchev–Trinajstić information content (AvgIpc) is 2.86. The molecule has 0 aromatic carbocycles. The third kappa shape index (κ3) is 4.63. The zero-order valence-electron chi connectivity index (χ0n) is 29.6. The molecule has 0 aliphatic heterocycles. The summed E-state index contributed by atoms with van der Waals surface area (Å²) < 4.78 is 6.86. The Morgan fingerprint density at radius 1 is 0.905 bits per heavy atom. The molecular weight excluding hydrogens is 524 g/mol. The summed E-state index contributed by atoms with van der Waals surface area (Å²) in [5, 5.41) is 47.3. The molecule has 4 saturated carbocycles. The highest BCUT2D eigenvalue weighted by Gasteiger charge is 2.76. The maximum absolute atomic E-state index is 12.9. The van der Waals surface area contributed by atoms with Crippen molar-refractivity contribution in [1.82, 2.24) is 0 Å². The van der Waals surface area contributed by atoms with Crippen LogP contribution >= 0.6 is 0 Å². The lowest BCUT2D eigenvalue weighted by Gasteiger charge is -2.76. The number of hydrogen-bond acceptors (Lipinski definition) is 5. The first-order chi connectivity index (χ1) is 19.1. The van der Waals surface area contributed by atoms with Gasteiger partial charge in [-0.1, -0.05) is 90.0 Å². The average molecular weight is 593 g/mol. The first kappa shape index (κ1) is 34.7. The minimum absolute atomic E-state index is 0.00650. The SMILES string of the molecule is CCC(O)OC1C2(C)C(C)C3C(C(C)C)CC(C(C)(C)C)C(C)C3C(O)C2C(C)C2(C)C(O)C(C(C)O)C(C)CC12C. The lowest BCUT2D eigenvalue weighted by molar-refractivity contribution is -0.361. The summed E-state index contributed by atoms with van der Waals surface area (Å²) in [5.74, 6) is 2.44. The van der Waals surface area contributed by atoms with E-state index in [-0.39, 0.29) is 47.0 Å². The largest absolute Gasteiger partial charge is 0.393 e. The number of fused-ring (bicyclic) bond motifs is 3. The molecule has 0 radical (unpaired) electrons. The van der Waals surface area contributed by atoms with Crippen molar-refractivity contribution in [1.29, 1.82) is 0 Å². The summed E-state index contributed by atoms with van der Waals surface area (Å²) in [6.07, 6.45) is -0.668. The van der Waals surface area contributed by atoms with E-state index >= 15 is 0 Å². The molecule has 0 amide bonds. The second kappa shape index (κ2) is 11.2. The Labute approximate surface area is 258 Å². The fourth-order valence-corrected chi connectivity index (χ4v) is 12.8. The molecular formula is C37H68O5. The molecule has 0 spiro atoms. The van der Waals surface area contributed by atoms with E-state index in [9.17, 15) is 20.4 Å². The van der Waals surface area contributed by atoms with Gasteiger partial charge in [-0.25, -0.2) is 0 Å². The molecule has 0 saturated heterocycles. The van der Waals surface area contributed by atoms with Crippen LogP contribution in [-0.2, 0) is 4.74 Å². The number of aliphatic hydroxyl groups excluding tert-OH is 4. The molecule has 246 valence electrons. The van der Waals surface area contributed by atoms with E-state index in [0.29, 0.717) is 36.0 Å². The topological polar surface area (TPSA) is 90.2 Å². The van der Waals surface area contributed by atoms with Gasteiger partial charge < -0.3 is 25.2 Å². The van der Waals surface area contributed by atoms with Gasteiger partial charge in [0, 0.05) is 22.2 Å². The Balaban J connectivity index is 1.97. The molecule has 4 fully saturated rings. The third-order valence-corrected chi connectivity index (χ3v) is 15.2.